The van der Waals surface area contributed by atoms with E-state index in [4.69, 9.17) is 4.74 Å². The highest BCUT2D eigenvalue weighted by molar-refractivity contribution is 5.78. The molecule has 108 valence electrons. The summed E-state index contributed by atoms with van der Waals surface area (Å²) in [6.45, 7) is 5.80. The molecular weight excluding hydrogens is 258 g/mol. The molecule has 2 aliphatic rings. The average molecular weight is 277 g/mol. The number of carbonyl (C=O) groups excluding carboxylic acids is 1. The summed E-state index contributed by atoms with van der Waals surface area (Å²) in [6.07, 6.45) is 1.49. The molecule has 0 N–H and O–H groups in total. The third kappa shape index (κ3) is 2.24. The van der Waals surface area contributed by atoms with Crippen LogP contribution in [0.15, 0.2) is 10.9 Å². The van der Waals surface area contributed by atoms with Crippen molar-refractivity contribution >= 4 is 5.97 Å². The lowest BCUT2D eigenvalue weighted by atomic mass is 10.0. The maximum absolute atomic E-state index is 11.9. The number of hydrogen-bond donors (Lipinski definition) is 0. The van der Waals surface area contributed by atoms with Crippen LogP contribution >= 0.6 is 0 Å². The summed E-state index contributed by atoms with van der Waals surface area (Å²) in [7, 11) is 0. The largest absolute Gasteiger partial charge is 0.461 e. The molecule has 3 rings (SSSR count). The summed E-state index contributed by atoms with van der Waals surface area (Å²) in [5.41, 5.74) is 1.84. The van der Waals surface area contributed by atoms with Crippen molar-refractivity contribution in [2.24, 2.45) is 0 Å². The fraction of sp³-hybridized carbons (Fsp3) is 0.643. The molecule has 0 amide bonds. The third-order valence-electron chi connectivity index (χ3n) is 4.06. The molecule has 0 aromatic carbocycles. The van der Waals surface area contributed by atoms with Gasteiger partial charge in [-0.15, -0.1) is 0 Å². The van der Waals surface area contributed by atoms with Crippen molar-refractivity contribution in [3.8, 4) is 0 Å². The summed E-state index contributed by atoms with van der Waals surface area (Å²) in [5, 5.41) is 4.39. The molecule has 1 saturated heterocycles. The predicted octanol–water partition coefficient (Wildman–Crippen LogP) is 0.325. The van der Waals surface area contributed by atoms with Gasteiger partial charge < -0.3 is 4.74 Å². The van der Waals surface area contributed by atoms with E-state index >= 15 is 0 Å². The van der Waals surface area contributed by atoms with Crippen LogP contribution in [0.3, 0.4) is 0 Å². The Morgan fingerprint density at radius 2 is 2.25 bits per heavy atom. The lowest BCUT2D eigenvalue weighted by molar-refractivity contribution is -0.145. The van der Waals surface area contributed by atoms with Gasteiger partial charge in [0.15, 0.2) is 0 Å². The van der Waals surface area contributed by atoms with Crippen molar-refractivity contribution in [2.45, 2.75) is 51.9 Å². The zero-order valence-corrected chi connectivity index (χ0v) is 11.8. The third-order valence-corrected chi connectivity index (χ3v) is 4.06. The van der Waals surface area contributed by atoms with Gasteiger partial charge in [0.25, 0.3) is 5.56 Å². The SMILES string of the molecule is CCn1nc2c(cc1=O)CN([C@@H]1C[C@@H](C)OC1=O)CC2. The Balaban J connectivity index is 1.84. The highest BCUT2D eigenvalue weighted by atomic mass is 16.6. The van der Waals surface area contributed by atoms with E-state index in [2.05, 4.69) is 10.00 Å². The van der Waals surface area contributed by atoms with Gasteiger partial charge in [0.2, 0.25) is 0 Å². The smallest absolute Gasteiger partial charge is 0.323 e. The van der Waals surface area contributed by atoms with Crippen LogP contribution in [0, 0.1) is 0 Å². The zero-order chi connectivity index (χ0) is 14.3. The Kier molecular flexibility index (Phi) is 3.33. The second-order valence-corrected chi connectivity index (χ2v) is 5.49. The van der Waals surface area contributed by atoms with Gasteiger partial charge in [-0.3, -0.25) is 14.5 Å². The van der Waals surface area contributed by atoms with Crippen LogP contribution in [0.5, 0.6) is 0 Å². The molecule has 0 spiro atoms. The first-order chi connectivity index (χ1) is 9.58. The summed E-state index contributed by atoms with van der Waals surface area (Å²) in [5.74, 6) is -0.143. The van der Waals surface area contributed by atoms with Gasteiger partial charge >= 0.3 is 5.97 Å². The Hall–Kier alpha value is -1.69. The Labute approximate surface area is 117 Å². The van der Waals surface area contributed by atoms with E-state index in [0.29, 0.717) is 13.1 Å². The summed E-state index contributed by atoms with van der Waals surface area (Å²) in [6, 6.07) is 1.48. The van der Waals surface area contributed by atoms with Crippen LogP contribution in [0.4, 0.5) is 0 Å². The first-order valence-electron chi connectivity index (χ1n) is 7.13. The van der Waals surface area contributed by atoms with E-state index in [1.165, 1.54) is 4.68 Å². The quantitative estimate of drug-likeness (QED) is 0.729. The van der Waals surface area contributed by atoms with Crippen LogP contribution in [0.25, 0.3) is 0 Å². The fourth-order valence-electron chi connectivity index (χ4n) is 2.99. The molecule has 2 aliphatic heterocycles. The van der Waals surface area contributed by atoms with Crippen LogP contribution < -0.4 is 5.56 Å². The number of esters is 1. The summed E-state index contributed by atoms with van der Waals surface area (Å²) in [4.78, 5) is 25.8. The molecule has 1 aromatic heterocycles. The standard InChI is InChI=1S/C14H19N3O3/c1-3-17-13(18)7-10-8-16(5-4-11(10)15-17)12-6-9(2)20-14(12)19/h7,9,12H,3-6,8H2,1-2H3/t9-,12-/m1/s1. The molecule has 20 heavy (non-hydrogen) atoms. The van der Waals surface area contributed by atoms with Gasteiger partial charge in [-0.2, -0.15) is 5.10 Å². The molecule has 1 fully saturated rings. The number of aryl methyl sites for hydroxylation is 1. The monoisotopic (exact) mass is 277 g/mol. The van der Waals surface area contributed by atoms with Crippen molar-refractivity contribution in [3.05, 3.63) is 27.7 Å². The molecule has 3 heterocycles. The Bertz CT molecular complexity index is 596. The van der Waals surface area contributed by atoms with E-state index in [1.807, 2.05) is 13.8 Å². The highest BCUT2D eigenvalue weighted by Crippen LogP contribution is 2.25. The Morgan fingerprint density at radius 1 is 1.45 bits per heavy atom. The Morgan fingerprint density at radius 3 is 2.90 bits per heavy atom. The molecule has 0 bridgehead atoms. The van der Waals surface area contributed by atoms with E-state index in [1.54, 1.807) is 6.07 Å². The normalized spacial score (nSPS) is 26.4. The number of ether oxygens (including phenoxy) is 1. The molecule has 0 unspecified atom stereocenters. The van der Waals surface area contributed by atoms with Crippen molar-refractivity contribution in [3.63, 3.8) is 0 Å². The minimum Gasteiger partial charge on any atom is -0.461 e. The van der Waals surface area contributed by atoms with E-state index < -0.39 is 0 Å². The number of aromatic nitrogens is 2. The van der Waals surface area contributed by atoms with Gasteiger partial charge in [0.05, 0.1) is 5.69 Å². The van der Waals surface area contributed by atoms with Crippen LogP contribution in [-0.2, 0) is 29.0 Å². The minimum absolute atomic E-state index is 0.0138. The van der Waals surface area contributed by atoms with Gasteiger partial charge in [-0.25, -0.2) is 4.68 Å². The van der Waals surface area contributed by atoms with Crippen LogP contribution in [0.2, 0.25) is 0 Å². The van der Waals surface area contributed by atoms with Crippen LogP contribution in [-0.4, -0.2) is 39.3 Å². The average Bonchev–Trinajstić information content (AvgIpc) is 2.76. The molecule has 0 saturated carbocycles. The second-order valence-electron chi connectivity index (χ2n) is 5.49. The van der Waals surface area contributed by atoms with Crippen molar-refractivity contribution in [2.75, 3.05) is 6.54 Å². The number of nitrogens with zero attached hydrogens (tertiary/aromatic N) is 3. The van der Waals surface area contributed by atoms with E-state index in [-0.39, 0.29) is 23.7 Å². The molecule has 0 radical (unpaired) electrons. The zero-order valence-electron chi connectivity index (χ0n) is 11.8. The van der Waals surface area contributed by atoms with E-state index in [9.17, 15) is 9.59 Å². The molecular formula is C14H19N3O3. The van der Waals surface area contributed by atoms with Gasteiger partial charge in [-0.05, 0) is 19.4 Å². The predicted molar refractivity (Wildman–Crippen MR) is 72.2 cm³/mol. The maximum Gasteiger partial charge on any atom is 0.323 e. The highest BCUT2D eigenvalue weighted by Gasteiger charge is 2.37. The number of carbonyl (C=O) groups is 1. The maximum atomic E-state index is 11.9. The lowest BCUT2D eigenvalue weighted by Crippen LogP contribution is -2.43. The molecule has 6 nitrogen and oxygen atoms in total. The molecule has 6 heteroatoms. The number of hydrogen-bond acceptors (Lipinski definition) is 5. The van der Waals surface area contributed by atoms with Crippen molar-refractivity contribution in [1.82, 2.24) is 14.7 Å². The number of rotatable bonds is 2. The van der Waals surface area contributed by atoms with Gasteiger partial charge in [0.1, 0.15) is 12.1 Å². The summed E-state index contributed by atoms with van der Waals surface area (Å²) >= 11 is 0. The minimum atomic E-state index is -0.174. The first kappa shape index (κ1) is 13.3. The van der Waals surface area contributed by atoms with E-state index in [0.717, 1.165) is 30.6 Å². The number of fused-ring (bicyclic) bond motifs is 1. The number of cyclic esters (lactones) is 1. The molecule has 1 aromatic rings. The lowest BCUT2D eigenvalue weighted by Gasteiger charge is -2.30. The molecule has 2 atom stereocenters. The fourth-order valence-corrected chi connectivity index (χ4v) is 2.99. The van der Waals surface area contributed by atoms with Gasteiger partial charge in [0, 0.05) is 38.5 Å². The second kappa shape index (κ2) is 5.01. The molecule has 0 aliphatic carbocycles. The van der Waals surface area contributed by atoms with Crippen LogP contribution in [0.1, 0.15) is 31.5 Å². The summed E-state index contributed by atoms with van der Waals surface area (Å²) < 4.78 is 6.70. The van der Waals surface area contributed by atoms with Gasteiger partial charge in [-0.1, -0.05) is 0 Å². The topological polar surface area (TPSA) is 64.4 Å². The van der Waals surface area contributed by atoms with Crippen molar-refractivity contribution in [1.29, 1.82) is 0 Å². The van der Waals surface area contributed by atoms with Crippen molar-refractivity contribution < 1.29 is 9.53 Å². The first-order valence-corrected chi connectivity index (χ1v) is 7.13.